The minimum Gasteiger partial charge on any atom is -0.475 e. The Morgan fingerprint density at radius 2 is 1.93 bits per heavy atom. The number of anilines is 1. The van der Waals surface area contributed by atoms with Gasteiger partial charge in [0.05, 0.1) is 18.8 Å². The van der Waals surface area contributed by atoms with Gasteiger partial charge in [-0.05, 0) is 31.2 Å². The van der Waals surface area contributed by atoms with E-state index in [9.17, 15) is 4.79 Å². The molecule has 1 aromatic heterocycles. The van der Waals surface area contributed by atoms with Gasteiger partial charge in [0.2, 0.25) is 0 Å². The van der Waals surface area contributed by atoms with E-state index in [0.717, 1.165) is 37.7 Å². The molecule has 0 unspecified atom stereocenters. The van der Waals surface area contributed by atoms with E-state index in [1.54, 1.807) is 7.11 Å². The first kappa shape index (κ1) is 24.0. The molecule has 0 radical (unpaired) electrons. The minimum absolute atomic E-state index is 0. The van der Waals surface area contributed by atoms with Crippen LogP contribution in [0.4, 0.5) is 10.5 Å². The van der Waals surface area contributed by atoms with Crippen molar-refractivity contribution in [1.29, 1.82) is 0 Å². The SMILES string of the molecule is COCCCOc1nn(C2CCC(N)CC2)cc1NC(=O)OCc1ccccc1.Cl. The number of aromatic nitrogens is 2. The van der Waals surface area contributed by atoms with Crippen molar-refractivity contribution >= 4 is 24.2 Å². The Bertz CT molecular complexity index is 764. The Balaban J connectivity index is 0.00000320. The summed E-state index contributed by atoms with van der Waals surface area (Å²) in [6.45, 7) is 1.25. The van der Waals surface area contributed by atoms with E-state index in [1.165, 1.54) is 0 Å². The van der Waals surface area contributed by atoms with Crippen LogP contribution in [-0.2, 0) is 16.1 Å². The number of hydrogen-bond acceptors (Lipinski definition) is 6. The molecule has 0 atom stereocenters. The summed E-state index contributed by atoms with van der Waals surface area (Å²) in [4.78, 5) is 12.3. The quantitative estimate of drug-likeness (QED) is 0.575. The van der Waals surface area contributed by atoms with Gasteiger partial charge in [0.15, 0.2) is 0 Å². The lowest BCUT2D eigenvalue weighted by Crippen LogP contribution is -2.28. The van der Waals surface area contributed by atoms with Crippen molar-refractivity contribution in [2.75, 3.05) is 25.6 Å². The summed E-state index contributed by atoms with van der Waals surface area (Å²) in [7, 11) is 1.65. The van der Waals surface area contributed by atoms with E-state index in [1.807, 2.05) is 41.2 Å². The number of nitrogens with zero attached hydrogens (tertiary/aromatic N) is 2. The second kappa shape index (κ2) is 12.4. The summed E-state index contributed by atoms with van der Waals surface area (Å²) in [5, 5.41) is 7.33. The molecule has 3 rings (SSSR count). The monoisotopic (exact) mass is 438 g/mol. The van der Waals surface area contributed by atoms with Gasteiger partial charge in [0.1, 0.15) is 12.3 Å². The average molecular weight is 439 g/mol. The molecule has 0 aliphatic heterocycles. The van der Waals surface area contributed by atoms with Crippen LogP contribution in [0.25, 0.3) is 0 Å². The number of methoxy groups -OCH3 is 1. The van der Waals surface area contributed by atoms with Crippen LogP contribution in [0.15, 0.2) is 36.5 Å². The van der Waals surface area contributed by atoms with Gasteiger partial charge in [-0.3, -0.25) is 10.00 Å². The van der Waals surface area contributed by atoms with Crippen LogP contribution in [-0.4, -0.2) is 42.2 Å². The van der Waals surface area contributed by atoms with Crippen molar-refractivity contribution < 1.29 is 19.0 Å². The maximum absolute atomic E-state index is 12.3. The lowest BCUT2D eigenvalue weighted by molar-refractivity contribution is 0.154. The highest BCUT2D eigenvalue weighted by Crippen LogP contribution is 2.31. The van der Waals surface area contributed by atoms with E-state index >= 15 is 0 Å². The molecule has 1 amide bonds. The maximum atomic E-state index is 12.3. The van der Waals surface area contributed by atoms with Gasteiger partial charge in [0.25, 0.3) is 5.88 Å². The Morgan fingerprint density at radius 3 is 2.63 bits per heavy atom. The molecular formula is C21H31ClN4O4. The van der Waals surface area contributed by atoms with Crippen molar-refractivity contribution in [2.24, 2.45) is 5.73 Å². The highest BCUT2D eigenvalue weighted by molar-refractivity contribution is 5.86. The molecule has 166 valence electrons. The molecular weight excluding hydrogens is 408 g/mol. The molecule has 1 aliphatic carbocycles. The number of rotatable bonds is 9. The van der Waals surface area contributed by atoms with Crippen molar-refractivity contribution in [1.82, 2.24) is 9.78 Å². The Morgan fingerprint density at radius 1 is 1.20 bits per heavy atom. The Hall–Kier alpha value is -2.29. The molecule has 9 heteroatoms. The normalized spacial score (nSPS) is 18.3. The third kappa shape index (κ3) is 7.19. The van der Waals surface area contributed by atoms with Crippen LogP contribution in [0, 0.1) is 0 Å². The molecule has 1 aromatic carbocycles. The number of nitrogens with one attached hydrogen (secondary N) is 1. The molecule has 0 bridgehead atoms. The first-order valence-electron chi connectivity index (χ1n) is 10.1. The summed E-state index contributed by atoms with van der Waals surface area (Å²) in [5.41, 5.74) is 7.45. The number of nitrogens with two attached hydrogens (primary N) is 1. The Labute approximate surface area is 183 Å². The fourth-order valence-electron chi connectivity index (χ4n) is 3.36. The highest BCUT2D eigenvalue weighted by Gasteiger charge is 2.23. The second-order valence-electron chi connectivity index (χ2n) is 7.28. The highest BCUT2D eigenvalue weighted by atomic mass is 35.5. The molecule has 0 spiro atoms. The second-order valence-corrected chi connectivity index (χ2v) is 7.28. The van der Waals surface area contributed by atoms with Crippen LogP contribution in [0.1, 0.15) is 43.7 Å². The van der Waals surface area contributed by atoms with E-state index in [4.69, 9.17) is 19.9 Å². The summed E-state index contributed by atoms with van der Waals surface area (Å²) >= 11 is 0. The number of ether oxygens (including phenoxy) is 3. The fourth-order valence-corrected chi connectivity index (χ4v) is 3.36. The van der Waals surface area contributed by atoms with Gasteiger partial charge >= 0.3 is 6.09 Å². The molecule has 1 heterocycles. The van der Waals surface area contributed by atoms with Gasteiger partial charge in [-0.2, -0.15) is 0 Å². The van der Waals surface area contributed by atoms with Crippen molar-refractivity contribution in [3.63, 3.8) is 0 Å². The number of carbonyl (C=O) groups excluding carboxylic acids is 1. The molecule has 0 saturated heterocycles. The lowest BCUT2D eigenvalue weighted by Gasteiger charge is -2.26. The minimum atomic E-state index is -0.541. The fraction of sp³-hybridized carbons (Fsp3) is 0.524. The number of hydrogen-bond donors (Lipinski definition) is 2. The smallest absolute Gasteiger partial charge is 0.412 e. The van der Waals surface area contributed by atoms with E-state index in [2.05, 4.69) is 10.4 Å². The van der Waals surface area contributed by atoms with Crippen molar-refractivity contribution in [3.8, 4) is 5.88 Å². The number of carbonyl (C=O) groups is 1. The Kier molecular flexibility index (Phi) is 9.93. The number of benzene rings is 1. The zero-order chi connectivity index (χ0) is 20.5. The van der Waals surface area contributed by atoms with E-state index in [0.29, 0.717) is 24.8 Å². The van der Waals surface area contributed by atoms with E-state index in [-0.39, 0.29) is 31.1 Å². The molecule has 1 saturated carbocycles. The van der Waals surface area contributed by atoms with E-state index < -0.39 is 6.09 Å². The third-order valence-electron chi connectivity index (χ3n) is 4.99. The summed E-state index contributed by atoms with van der Waals surface area (Å²) in [5.74, 6) is 0.396. The van der Waals surface area contributed by atoms with Gasteiger partial charge in [0, 0.05) is 26.2 Å². The predicted octanol–water partition coefficient (Wildman–Crippen LogP) is 3.91. The average Bonchev–Trinajstić information content (AvgIpc) is 3.13. The van der Waals surface area contributed by atoms with Crippen molar-refractivity contribution in [2.45, 2.75) is 50.8 Å². The van der Waals surface area contributed by atoms with Crippen molar-refractivity contribution in [3.05, 3.63) is 42.1 Å². The number of amides is 1. The first-order chi connectivity index (χ1) is 14.2. The van der Waals surface area contributed by atoms with Crippen LogP contribution >= 0.6 is 12.4 Å². The van der Waals surface area contributed by atoms with Crippen LogP contribution < -0.4 is 15.8 Å². The third-order valence-corrected chi connectivity index (χ3v) is 4.99. The molecule has 1 aliphatic rings. The van der Waals surface area contributed by atoms with Gasteiger partial charge in [-0.15, -0.1) is 17.5 Å². The summed E-state index contributed by atoms with van der Waals surface area (Å²) < 4.78 is 18.0. The van der Waals surface area contributed by atoms with Gasteiger partial charge < -0.3 is 19.9 Å². The van der Waals surface area contributed by atoms with Gasteiger partial charge in [-0.1, -0.05) is 30.3 Å². The summed E-state index contributed by atoms with van der Waals surface area (Å²) in [6.07, 6.45) is 5.87. The largest absolute Gasteiger partial charge is 0.475 e. The molecule has 8 nitrogen and oxygen atoms in total. The molecule has 30 heavy (non-hydrogen) atoms. The molecule has 1 fully saturated rings. The predicted molar refractivity (Wildman–Crippen MR) is 117 cm³/mol. The molecule has 2 aromatic rings. The van der Waals surface area contributed by atoms with Crippen LogP contribution in [0.3, 0.4) is 0 Å². The maximum Gasteiger partial charge on any atom is 0.412 e. The lowest BCUT2D eigenvalue weighted by atomic mass is 9.92. The zero-order valence-electron chi connectivity index (χ0n) is 17.3. The van der Waals surface area contributed by atoms with Crippen LogP contribution in [0.5, 0.6) is 5.88 Å². The number of halogens is 1. The molecule has 3 N–H and O–H groups in total. The summed E-state index contributed by atoms with van der Waals surface area (Å²) in [6, 6.07) is 10.1. The van der Waals surface area contributed by atoms with Crippen LogP contribution in [0.2, 0.25) is 0 Å². The first-order valence-corrected chi connectivity index (χ1v) is 10.1. The topological polar surface area (TPSA) is 101 Å². The zero-order valence-corrected chi connectivity index (χ0v) is 18.1. The van der Waals surface area contributed by atoms with Gasteiger partial charge in [-0.25, -0.2) is 4.79 Å². The standard InChI is InChI=1S/C21H30N4O4.ClH/c1-27-12-5-13-28-20-19(14-25(24-20)18-10-8-17(22)9-11-18)23-21(26)29-15-16-6-3-2-4-7-16;/h2-4,6-7,14,17-18H,5,8-13,15,22H2,1H3,(H,23,26);1H.